The third kappa shape index (κ3) is 3.73. The smallest absolute Gasteiger partial charge is 0.127 e. The minimum Gasteiger partial charge on any atom is -0.363 e. The van der Waals surface area contributed by atoms with Crippen molar-refractivity contribution in [1.82, 2.24) is 4.98 Å². The zero-order valence-electron chi connectivity index (χ0n) is 13.7. The lowest BCUT2D eigenvalue weighted by molar-refractivity contribution is 0.626. The highest BCUT2D eigenvalue weighted by atomic mass is 19.1. The maximum atomic E-state index is 13.4. The number of unbranched alkanes of at least 4 members (excludes halogenated alkanes) is 1. The summed E-state index contributed by atoms with van der Waals surface area (Å²) in [6, 6.07) is 9.03. The summed E-state index contributed by atoms with van der Waals surface area (Å²) in [6.45, 7) is 4.10. The zero-order chi connectivity index (χ0) is 16.1. The van der Waals surface area contributed by atoms with Crippen molar-refractivity contribution in [3.8, 4) is 0 Å². The van der Waals surface area contributed by atoms with Gasteiger partial charge in [-0.1, -0.05) is 25.5 Å². The fraction of sp³-hybridized carbons (Fsp3) is 0.316. The summed E-state index contributed by atoms with van der Waals surface area (Å²) < 4.78 is 13.4. The third-order valence-corrected chi connectivity index (χ3v) is 3.63. The molecule has 0 spiro atoms. The van der Waals surface area contributed by atoms with E-state index in [1.165, 1.54) is 6.07 Å². The highest BCUT2D eigenvalue weighted by molar-refractivity contribution is 5.81. The molecule has 0 fully saturated rings. The number of halogens is 1. The average Bonchev–Trinajstić information content (AvgIpc) is 2.49. The van der Waals surface area contributed by atoms with E-state index in [2.05, 4.69) is 24.1 Å². The Kier molecular flexibility index (Phi) is 5.31. The molecule has 0 aliphatic heterocycles. The molecule has 0 amide bonds. The standard InChI is InChI=1S/C19H23FN2/c1-5-6-7-18(17-10-9-16(20)12-14(17)2)15-8-11-19(21-13-15)22(3)4/h7-13H,5-6H2,1-4H3. The molecule has 0 bridgehead atoms. The van der Waals surface area contributed by atoms with Gasteiger partial charge in [0.25, 0.3) is 0 Å². The minimum absolute atomic E-state index is 0.197. The molecule has 0 unspecified atom stereocenters. The molecule has 116 valence electrons. The Bertz CT molecular complexity index is 658. The lowest BCUT2D eigenvalue weighted by Crippen LogP contribution is -2.10. The normalized spacial score (nSPS) is 11.6. The number of nitrogens with zero attached hydrogens (tertiary/aromatic N) is 2. The number of hydrogen-bond donors (Lipinski definition) is 0. The average molecular weight is 298 g/mol. The monoisotopic (exact) mass is 298 g/mol. The van der Waals surface area contributed by atoms with E-state index < -0.39 is 0 Å². The largest absolute Gasteiger partial charge is 0.363 e. The van der Waals surface area contributed by atoms with E-state index in [1.807, 2.05) is 44.2 Å². The molecule has 0 saturated heterocycles. The van der Waals surface area contributed by atoms with Crippen molar-refractivity contribution >= 4 is 11.4 Å². The van der Waals surface area contributed by atoms with Crippen LogP contribution in [0, 0.1) is 12.7 Å². The van der Waals surface area contributed by atoms with Gasteiger partial charge < -0.3 is 4.90 Å². The third-order valence-electron chi connectivity index (χ3n) is 3.63. The van der Waals surface area contributed by atoms with Crippen LogP contribution in [0.15, 0.2) is 42.6 Å². The Morgan fingerprint density at radius 1 is 1.23 bits per heavy atom. The van der Waals surface area contributed by atoms with Crippen LogP contribution in [0.5, 0.6) is 0 Å². The molecule has 1 aromatic carbocycles. The number of aromatic nitrogens is 1. The van der Waals surface area contributed by atoms with Gasteiger partial charge in [0.15, 0.2) is 0 Å². The number of anilines is 1. The molecule has 0 N–H and O–H groups in total. The van der Waals surface area contributed by atoms with Crippen LogP contribution in [-0.4, -0.2) is 19.1 Å². The van der Waals surface area contributed by atoms with E-state index in [-0.39, 0.29) is 5.82 Å². The van der Waals surface area contributed by atoms with Crippen molar-refractivity contribution in [2.45, 2.75) is 26.7 Å². The van der Waals surface area contributed by atoms with Gasteiger partial charge in [0.05, 0.1) is 0 Å². The van der Waals surface area contributed by atoms with Gasteiger partial charge in [-0.15, -0.1) is 0 Å². The molecule has 0 radical (unpaired) electrons. The summed E-state index contributed by atoms with van der Waals surface area (Å²) in [5, 5.41) is 0. The van der Waals surface area contributed by atoms with Crippen molar-refractivity contribution in [3.05, 3.63) is 65.1 Å². The zero-order valence-corrected chi connectivity index (χ0v) is 13.7. The van der Waals surface area contributed by atoms with Crippen LogP contribution in [0.4, 0.5) is 10.2 Å². The Morgan fingerprint density at radius 3 is 2.55 bits per heavy atom. The molecule has 2 rings (SSSR count). The van der Waals surface area contributed by atoms with Crippen LogP contribution in [0.25, 0.3) is 5.57 Å². The Labute approximate surface area is 132 Å². The number of pyridine rings is 1. The summed E-state index contributed by atoms with van der Waals surface area (Å²) >= 11 is 0. The molecule has 1 heterocycles. The van der Waals surface area contributed by atoms with Crippen LogP contribution in [-0.2, 0) is 0 Å². The van der Waals surface area contributed by atoms with Crippen molar-refractivity contribution < 1.29 is 4.39 Å². The number of benzene rings is 1. The summed E-state index contributed by atoms with van der Waals surface area (Å²) in [7, 11) is 3.94. The van der Waals surface area contributed by atoms with E-state index in [1.54, 1.807) is 6.07 Å². The van der Waals surface area contributed by atoms with E-state index in [0.29, 0.717) is 0 Å². The lowest BCUT2D eigenvalue weighted by Gasteiger charge is -2.14. The van der Waals surface area contributed by atoms with Crippen molar-refractivity contribution in [2.75, 3.05) is 19.0 Å². The molecular weight excluding hydrogens is 275 g/mol. The molecule has 2 nitrogen and oxygen atoms in total. The number of allylic oxidation sites excluding steroid dienone is 1. The number of rotatable bonds is 5. The molecule has 0 aliphatic carbocycles. The molecular formula is C19H23FN2. The molecule has 22 heavy (non-hydrogen) atoms. The summed E-state index contributed by atoms with van der Waals surface area (Å²) in [6.07, 6.45) is 6.17. The van der Waals surface area contributed by atoms with Crippen molar-refractivity contribution in [2.24, 2.45) is 0 Å². The molecule has 0 saturated carbocycles. The van der Waals surface area contributed by atoms with Gasteiger partial charge >= 0.3 is 0 Å². The lowest BCUT2D eigenvalue weighted by atomic mass is 9.94. The topological polar surface area (TPSA) is 16.1 Å². The van der Waals surface area contributed by atoms with Crippen LogP contribution >= 0.6 is 0 Å². The number of aryl methyl sites for hydroxylation is 1. The van der Waals surface area contributed by atoms with Gasteiger partial charge in [-0.3, -0.25) is 0 Å². The fourth-order valence-corrected chi connectivity index (χ4v) is 2.41. The predicted molar refractivity (Wildman–Crippen MR) is 91.7 cm³/mol. The number of hydrogen-bond acceptors (Lipinski definition) is 2. The second kappa shape index (κ2) is 7.21. The van der Waals surface area contributed by atoms with Gasteiger partial charge in [-0.2, -0.15) is 0 Å². The first kappa shape index (κ1) is 16.2. The fourth-order valence-electron chi connectivity index (χ4n) is 2.41. The first-order valence-corrected chi connectivity index (χ1v) is 7.63. The highest BCUT2D eigenvalue weighted by Crippen LogP contribution is 2.28. The van der Waals surface area contributed by atoms with Crippen LogP contribution < -0.4 is 4.90 Å². The molecule has 0 atom stereocenters. The Morgan fingerprint density at radius 2 is 2.00 bits per heavy atom. The van der Waals surface area contributed by atoms with Crippen LogP contribution in [0.1, 0.15) is 36.5 Å². The van der Waals surface area contributed by atoms with Gasteiger partial charge in [-0.25, -0.2) is 9.37 Å². The minimum atomic E-state index is -0.197. The van der Waals surface area contributed by atoms with E-state index >= 15 is 0 Å². The first-order chi connectivity index (χ1) is 10.5. The molecule has 0 aliphatic rings. The maximum Gasteiger partial charge on any atom is 0.127 e. The highest BCUT2D eigenvalue weighted by Gasteiger charge is 2.09. The second-order valence-electron chi connectivity index (χ2n) is 5.67. The Hall–Kier alpha value is -2.16. The summed E-state index contributed by atoms with van der Waals surface area (Å²) in [4.78, 5) is 6.47. The predicted octanol–water partition coefficient (Wildman–Crippen LogP) is 4.83. The quantitative estimate of drug-likeness (QED) is 0.786. The van der Waals surface area contributed by atoms with Crippen LogP contribution in [0.3, 0.4) is 0 Å². The molecule has 1 aromatic heterocycles. The Balaban J connectivity index is 2.46. The first-order valence-electron chi connectivity index (χ1n) is 7.63. The van der Waals surface area contributed by atoms with Crippen molar-refractivity contribution in [1.29, 1.82) is 0 Å². The van der Waals surface area contributed by atoms with E-state index in [9.17, 15) is 4.39 Å². The summed E-state index contributed by atoms with van der Waals surface area (Å²) in [5.74, 6) is 0.728. The van der Waals surface area contributed by atoms with Gasteiger partial charge in [0.1, 0.15) is 11.6 Å². The van der Waals surface area contributed by atoms with Crippen LogP contribution in [0.2, 0.25) is 0 Å². The van der Waals surface area contributed by atoms with Gasteiger partial charge in [0, 0.05) is 25.9 Å². The maximum absolute atomic E-state index is 13.4. The van der Waals surface area contributed by atoms with Crippen molar-refractivity contribution in [3.63, 3.8) is 0 Å². The molecule has 2 aromatic rings. The van der Waals surface area contributed by atoms with Gasteiger partial charge in [-0.05, 0) is 54.3 Å². The molecule has 3 heteroatoms. The van der Waals surface area contributed by atoms with E-state index in [0.717, 1.165) is 40.9 Å². The van der Waals surface area contributed by atoms with E-state index in [4.69, 9.17) is 0 Å². The summed E-state index contributed by atoms with van der Waals surface area (Å²) in [5.41, 5.74) is 4.19. The second-order valence-corrected chi connectivity index (χ2v) is 5.67. The van der Waals surface area contributed by atoms with Gasteiger partial charge in [0.2, 0.25) is 0 Å². The SMILES string of the molecule is CCCC=C(c1ccc(N(C)C)nc1)c1ccc(F)cc1C.